The molecule has 1 aromatic heterocycles. The number of halogens is 2. The fraction of sp³-hybridized carbons (Fsp3) is 0.286. The van der Waals surface area contributed by atoms with Crippen molar-refractivity contribution in [3.63, 3.8) is 0 Å². The lowest BCUT2D eigenvalue weighted by Crippen LogP contribution is -2.38. The first-order valence-corrected chi connectivity index (χ1v) is 8.76. The Bertz CT molecular complexity index is 786. The number of hydrogen-bond donors (Lipinski definition) is 0. The van der Waals surface area contributed by atoms with Crippen LogP contribution >= 0.6 is 11.3 Å². The standard InChI is InChI=1S/C14H13F2NO2S2/c1-9-11-5-7-20-13(11)4-6-17(9)21(18,19)14-3-2-10(15)8-12(14)16/h2-3,5,7-9H,4,6H2,1H3/t9-/m1/s1. The van der Waals surface area contributed by atoms with Gasteiger partial charge in [0.15, 0.2) is 0 Å². The maximum atomic E-state index is 13.8. The lowest BCUT2D eigenvalue weighted by molar-refractivity contribution is 0.327. The third-order valence-electron chi connectivity index (χ3n) is 3.70. The molecule has 0 saturated carbocycles. The Morgan fingerprint density at radius 2 is 2.05 bits per heavy atom. The van der Waals surface area contributed by atoms with Gasteiger partial charge in [0.1, 0.15) is 16.5 Å². The predicted molar refractivity (Wildman–Crippen MR) is 76.7 cm³/mol. The minimum Gasteiger partial charge on any atom is -0.207 e. The molecule has 2 heterocycles. The van der Waals surface area contributed by atoms with Crippen LogP contribution in [0.25, 0.3) is 0 Å². The second kappa shape index (κ2) is 5.15. The van der Waals surface area contributed by atoms with Crippen LogP contribution in [0.1, 0.15) is 23.4 Å². The molecule has 3 nitrogen and oxygen atoms in total. The van der Waals surface area contributed by atoms with Gasteiger partial charge < -0.3 is 0 Å². The van der Waals surface area contributed by atoms with Crippen molar-refractivity contribution < 1.29 is 17.2 Å². The molecule has 0 aliphatic carbocycles. The first-order valence-electron chi connectivity index (χ1n) is 6.44. The Labute approximate surface area is 125 Å². The fourth-order valence-electron chi connectivity index (χ4n) is 2.63. The fourth-order valence-corrected chi connectivity index (χ4v) is 5.25. The van der Waals surface area contributed by atoms with Crippen molar-refractivity contribution in [1.29, 1.82) is 0 Å². The van der Waals surface area contributed by atoms with Crippen LogP contribution in [0.2, 0.25) is 0 Å². The van der Waals surface area contributed by atoms with E-state index in [2.05, 4.69) is 0 Å². The summed E-state index contributed by atoms with van der Waals surface area (Å²) in [7, 11) is -3.98. The summed E-state index contributed by atoms with van der Waals surface area (Å²) in [5.74, 6) is -1.85. The lowest BCUT2D eigenvalue weighted by atomic mass is 10.0. The zero-order valence-corrected chi connectivity index (χ0v) is 12.8. The summed E-state index contributed by atoms with van der Waals surface area (Å²) in [5.41, 5.74) is 0.956. The Morgan fingerprint density at radius 3 is 2.76 bits per heavy atom. The molecular formula is C14H13F2NO2S2. The van der Waals surface area contributed by atoms with E-state index in [1.165, 1.54) is 4.31 Å². The maximum absolute atomic E-state index is 13.8. The van der Waals surface area contributed by atoms with Crippen molar-refractivity contribution in [2.24, 2.45) is 0 Å². The highest BCUT2D eigenvalue weighted by Crippen LogP contribution is 2.36. The number of sulfonamides is 1. The van der Waals surface area contributed by atoms with Crippen molar-refractivity contribution in [2.75, 3.05) is 6.54 Å². The first kappa shape index (κ1) is 14.6. The zero-order valence-electron chi connectivity index (χ0n) is 11.2. The van der Waals surface area contributed by atoms with Crippen molar-refractivity contribution >= 4 is 21.4 Å². The SMILES string of the molecule is C[C@@H]1c2ccsc2CCN1S(=O)(=O)c1ccc(F)cc1F. The molecule has 0 amide bonds. The van der Waals surface area contributed by atoms with Crippen LogP contribution in [0.3, 0.4) is 0 Å². The van der Waals surface area contributed by atoms with E-state index in [1.54, 1.807) is 18.3 Å². The lowest BCUT2D eigenvalue weighted by Gasteiger charge is -2.32. The molecule has 2 aromatic rings. The van der Waals surface area contributed by atoms with Crippen molar-refractivity contribution in [2.45, 2.75) is 24.3 Å². The van der Waals surface area contributed by atoms with E-state index in [1.807, 2.05) is 11.4 Å². The van der Waals surface area contributed by atoms with E-state index in [0.29, 0.717) is 19.0 Å². The molecule has 0 unspecified atom stereocenters. The summed E-state index contributed by atoms with van der Waals surface area (Å²) in [6.45, 7) is 2.08. The third kappa shape index (κ3) is 2.39. The number of fused-ring (bicyclic) bond motifs is 1. The minimum absolute atomic E-state index is 0.299. The van der Waals surface area contributed by atoms with E-state index < -0.39 is 26.6 Å². The molecule has 1 atom stereocenters. The molecule has 21 heavy (non-hydrogen) atoms. The van der Waals surface area contributed by atoms with E-state index in [4.69, 9.17) is 0 Å². The highest BCUT2D eigenvalue weighted by Gasteiger charge is 2.35. The third-order valence-corrected chi connectivity index (χ3v) is 6.70. The van der Waals surface area contributed by atoms with Gasteiger partial charge in [-0.05, 0) is 42.5 Å². The van der Waals surface area contributed by atoms with Gasteiger partial charge >= 0.3 is 0 Å². The van der Waals surface area contributed by atoms with E-state index >= 15 is 0 Å². The van der Waals surface area contributed by atoms with Gasteiger partial charge in [-0.15, -0.1) is 11.3 Å². The highest BCUT2D eigenvalue weighted by atomic mass is 32.2. The number of thiophene rings is 1. The summed E-state index contributed by atoms with van der Waals surface area (Å²) in [4.78, 5) is 0.683. The van der Waals surface area contributed by atoms with Gasteiger partial charge in [-0.3, -0.25) is 0 Å². The van der Waals surface area contributed by atoms with Gasteiger partial charge in [0.2, 0.25) is 10.0 Å². The summed E-state index contributed by atoms with van der Waals surface area (Å²) < 4.78 is 53.3. The van der Waals surface area contributed by atoms with Gasteiger partial charge in [-0.2, -0.15) is 4.31 Å². The molecule has 0 fully saturated rings. The van der Waals surface area contributed by atoms with Crippen LogP contribution < -0.4 is 0 Å². The van der Waals surface area contributed by atoms with Crippen LogP contribution in [0.5, 0.6) is 0 Å². The van der Waals surface area contributed by atoms with Crippen molar-refractivity contribution in [3.05, 3.63) is 51.7 Å². The van der Waals surface area contributed by atoms with E-state index in [9.17, 15) is 17.2 Å². The Balaban J connectivity index is 2.03. The summed E-state index contributed by atoms with van der Waals surface area (Å²) in [5, 5.41) is 1.93. The van der Waals surface area contributed by atoms with Gasteiger partial charge in [0.25, 0.3) is 0 Å². The van der Waals surface area contributed by atoms with Crippen LogP contribution in [-0.4, -0.2) is 19.3 Å². The van der Waals surface area contributed by atoms with Crippen molar-refractivity contribution in [1.82, 2.24) is 4.31 Å². The normalized spacial score (nSPS) is 19.5. The Hall–Kier alpha value is -1.31. The zero-order chi connectivity index (χ0) is 15.2. The Kier molecular flexibility index (Phi) is 3.59. The highest BCUT2D eigenvalue weighted by molar-refractivity contribution is 7.89. The Morgan fingerprint density at radius 1 is 1.29 bits per heavy atom. The molecule has 112 valence electrons. The monoisotopic (exact) mass is 329 g/mol. The number of nitrogens with zero attached hydrogens (tertiary/aromatic N) is 1. The maximum Gasteiger partial charge on any atom is 0.246 e. The summed E-state index contributed by atoms with van der Waals surface area (Å²) in [6.07, 6.45) is 0.610. The van der Waals surface area contributed by atoms with E-state index in [0.717, 1.165) is 22.6 Å². The largest absolute Gasteiger partial charge is 0.246 e. The molecule has 1 aromatic carbocycles. The van der Waals surface area contributed by atoms with Crippen LogP contribution in [0.4, 0.5) is 8.78 Å². The molecule has 0 saturated heterocycles. The quantitative estimate of drug-likeness (QED) is 0.847. The molecule has 1 aliphatic rings. The minimum atomic E-state index is -3.98. The van der Waals surface area contributed by atoms with Gasteiger partial charge in [0.05, 0.1) is 0 Å². The predicted octanol–water partition coefficient (Wildman–Crippen LogP) is 3.33. The first-order chi connectivity index (χ1) is 9.91. The van der Waals surface area contributed by atoms with Crippen LogP contribution in [0, 0.1) is 11.6 Å². The average molecular weight is 329 g/mol. The molecule has 0 radical (unpaired) electrons. The number of hydrogen-bond acceptors (Lipinski definition) is 3. The second-order valence-electron chi connectivity index (χ2n) is 4.92. The molecule has 1 aliphatic heterocycles. The summed E-state index contributed by atoms with van der Waals surface area (Å²) >= 11 is 1.60. The molecule has 0 bridgehead atoms. The number of rotatable bonds is 2. The van der Waals surface area contributed by atoms with E-state index in [-0.39, 0.29) is 6.04 Å². The molecule has 0 N–H and O–H groups in total. The molecule has 7 heteroatoms. The van der Waals surface area contributed by atoms with Crippen molar-refractivity contribution in [3.8, 4) is 0 Å². The molecular weight excluding hydrogens is 316 g/mol. The summed E-state index contributed by atoms with van der Waals surface area (Å²) in [6, 6.07) is 4.08. The average Bonchev–Trinajstić information content (AvgIpc) is 2.87. The molecule has 3 rings (SSSR count). The van der Waals surface area contributed by atoms with Crippen LogP contribution in [0.15, 0.2) is 34.5 Å². The van der Waals surface area contributed by atoms with Gasteiger partial charge in [0, 0.05) is 23.5 Å². The van der Waals surface area contributed by atoms with Crippen LogP contribution in [-0.2, 0) is 16.4 Å². The topological polar surface area (TPSA) is 37.4 Å². The van der Waals surface area contributed by atoms with Gasteiger partial charge in [-0.1, -0.05) is 0 Å². The van der Waals surface area contributed by atoms with Gasteiger partial charge in [-0.25, -0.2) is 17.2 Å². The number of benzene rings is 1. The second-order valence-corrected chi connectivity index (χ2v) is 7.78. The molecule has 0 spiro atoms. The smallest absolute Gasteiger partial charge is 0.207 e.